The van der Waals surface area contributed by atoms with Crippen molar-refractivity contribution in [3.05, 3.63) is 94.0 Å². The Kier molecular flexibility index (Phi) is 5.42. The van der Waals surface area contributed by atoms with Crippen molar-refractivity contribution in [2.75, 3.05) is 0 Å². The van der Waals surface area contributed by atoms with E-state index in [0.29, 0.717) is 18.3 Å². The summed E-state index contributed by atoms with van der Waals surface area (Å²) in [6.45, 7) is 2.65. The molecular formula is C22H21N3OS. The van der Waals surface area contributed by atoms with E-state index in [2.05, 4.69) is 76.3 Å². The summed E-state index contributed by atoms with van der Waals surface area (Å²) in [6, 6.07) is 23.0. The molecule has 2 aromatic carbocycles. The molecule has 27 heavy (non-hydrogen) atoms. The molecule has 0 amide bonds. The van der Waals surface area contributed by atoms with Gasteiger partial charge in [0.25, 0.3) is 0 Å². The van der Waals surface area contributed by atoms with Crippen LogP contribution in [0.5, 0.6) is 0 Å². The molecule has 136 valence electrons. The van der Waals surface area contributed by atoms with Crippen molar-refractivity contribution in [2.24, 2.45) is 0 Å². The average Bonchev–Trinajstić information content (AvgIpc) is 3.42. The predicted molar refractivity (Wildman–Crippen MR) is 109 cm³/mol. The highest BCUT2D eigenvalue weighted by molar-refractivity contribution is 7.10. The first-order chi connectivity index (χ1) is 13.3. The molecule has 4 aromatic rings. The molecule has 0 saturated carbocycles. The molecule has 2 heterocycles. The number of nitrogens with zero attached hydrogens (tertiary/aromatic N) is 2. The second-order valence-electron chi connectivity index (χ2n) is 6.30. The molecular weight excluding hydrogens is 354 g/mol. The van der Waals surface area contributed by atoms with Gasteiger partial charge >= 0.3 is 0 Å². The van der Waals surface area contributed by atoms with Gasteiger partial charge in [0.2, 0.25) is 11.7 Å². The summed E-state index contributed by atoms with van der Waals surface area (Å²) in [5, 5.41) is 9.78. The molecule has 0 unspecified atom stereocenters. The van der Waals surface area contributed by atoms with E-state index in [0.717, 1.165) is 12.0 Å². The lowest BCUT2D eigenvalue weighted by molar-refractivity contribution is 0.363. The Labute approximate surface area is 162 Å². The van der Waals surface area contributed by atoms with Crippen LogP contribution in [-0.4, -0.2) is 10.1 Å². The standard InChI is InChI=1S/C22H21N3OS/c1-2-16-10-12-18(13-11-16)22-24-20(26-25-22)15-23-21(19-9-6-14-27-19)17-7-4-3-5-8-17/h3-14,21,23H,2,15H2,1H3/t21-/m1/s1. The van der Waals surface area contributed by atoms with Crippen molar-refractivity contribution in [3.63, 3.8) is 0 Å². The zero-order chi connectivity index (χ0) is 18.5. The topological polar surface area (TPSA) is 51.0 Å². The molecule has 4 nitrogen and oxygen atoms in total. The maximum Gasteiger partial charge on any atom is 0.240 e. The number of hydrogen-bond donors (Lipinski definition) is 1. The minimum absolute atomic E-state index is 0.102. The monoisotopic (exact) mass is 375 g/mol. The Balaban J connectivity index is 1.49. The normalized spacial score (nSPS) is 12.2. The number of thiophene rings is 1. The van der Waals surface area contributed by atoms with Crippen LogP contribution in [0, 0.1) is 0 Å². The molecule has 1 N–H and O–H groups in total. The molecule has 0 saturated heterocycles. The van der Waals surface area contributed by atoms with Gasteiger partial charge < -0.3 is 4.52 Å². The van der Waals surface area contributed by atoms with E-state index in [-0.39, 0.29) is 6.04 Å². The molecule has 0 aliphatic rings. The molecule has 0 aliphatic carbocycles. The molecule has 5 heteroatoms. The van der Waals surface area contributed by atoms with E-state index in [1.807, 2.05) is 18.2 Å². The summed E-state index contributed by atoms with van der Waals surface area (Å²) in [5.74, 6) is 1.21. The quantitative estimate of drug-likeness (QED) is 0.480. The number of nitrogens with one attached hydrogen (secondary N) is 1. The summed E-state index contributed by atoms with van der Waals surface area (Å²) < 4.78 is 5.46. The third-order valence-electron chi connectivity index (χ3n) is 4.51. The second kappa shape index (κ2) is 8.29. The van der Waals surface area contributed by atoms with Gasteiger partial charge in [-0.25, -0.2) is 0 Å². The van der Waals surface area contributed by atoms with Gasteiger partial charge in [-0.05, 0) is 29.0 Å². The predicted octanol–water partition coefficient (Wildman–Crippen LogP) is 5.24. The van der Waals surface area contributed by atoms with Gasteiger partial charge in [-0.15, -0.1) is 11.3 Å². The van der Waals surface area contributed by atoms with E-state index in [1.165, 1.54) is 16.0 Å². The van der Waals surface area contributed by atoms with Crippen LogP contribution in [-0.2, 0) is 13.0 Å². The van der Waals surface area contributed by atoms with Crippen molar-refractivity contribution >= 4 is 11.3 Å². The van der Waals surface area contributed by atoms with Crippen molar-refractivity contribution in [3.8, 4) is 11.4 Å². The summed E-state index contributed by atoms with van der Waals surface area (Å²) in [7, 11) is 0. The van der Waals surface area contributed by atoms with Gasteiger partial charge in [0, 0.05) is 10.4 Å². The fourth-order valence-electron chi connectivity index (χ4n) is 3.01. The lowest BCUT2D eigenvalue weighted by Gasteiger charge is -2.16. The van der Waals surface area contributed by atoms with Crippen LogP contribution < -0.4 is 5.32 Å². The van der Waals surface area contributed by atoms with Gasteiger partial charge in [0.1, 0.15) is 0 Å². The Morgan fingerprint density at radius 1 is 1.00 bits per heavy atom. The Morgan fingerprint density at radius 2 is 1.81 bits per heavy atom. The molecule has 0 radical (unpaired) electrons. The van der Waals surface area contributed by atoms with Crippen molar-refractivity contribution in [1.29, 1.82) is 0 Å². The molecule has 4 rings (SSSR count). The van der Waals surface area contributed by atoms with E-state index < -0.39 is 0 Å². The van der Waals surface area contributed by atoms with E-state index >= 15 is 0 Å². The number of aromatic nitrogens is 2. The second-order valence-corrected chi connectivity index (χ2v) is 7.28. The first-order valence-corrected chi connectivity index (χ1v) is 9.95. The Bertz CT molecular complexity index is 962. The highest BCUT2D eigenvalue weighted by atomic mass is 32.1. The molecule has 0 fully saturated rings. The molecule has 1 atom stereocenters. The van der Waals surface area contributed by atoms with Crippen LogP contribution in [0.25, 0.3) is 11.4 Å². The highest BCUT2D eigenvalue weighted by Crippen LogP contribution is 2.26. The summed E-state index contributed by atoms with van der Waals surface area (Å²) >= 11 is 1.74. The minimum Gasteiger partial charge on any atom is -0.338 e. The van der Waals surface area contributed by atoms with E-state index in [4.69, 9.17) is 4.52 Å². The number of hydrogen-bond acceptors (Lipinski definition) is 5. The average molecular weight is 375 g/mol. The largest absolute Gasteiger partial charge is 0.338 e. The van der Waals surface area contributed by atoms with Crippen LogP contribution in [0.2, 0.25) is 0 Å². The lowest BCUT2D eigenvalue weighted by atomic mass is 10.1. The van der Waals surface area contributed by atoms with Crippen LogP contribution in [0.3, 0.4) is 0 Å². The zero-order valence-electron chi connectivity index (χ0n) is 15.1. The van der Waals surface area contributed by atoms with E-state index in [9.17, 15) is 0 Å². The summed E-state index contributed by atoms with van der Waals surface area (Å²) in [6.07, 6.45) is 1.02. The van der Waals surface area contributed by atoms with Gasteiger partial charge in [0.15, 0.2) is 0 Å². The Morgan fingerprint density at radius 3 is 2.52 bits per heavy atom. The van der Waals surface area contributed by atoms with Gasteiger partial charge in [-0.3, -0.25) is 5.32 Å². The van der Waals surface area contributed by atoms with Gasteiger partial charge in [-0.2, -0.15) is 4.98 Å². The van der Waals surface area contributed by atoms with Crippen LogP contribution in [0.15, 0.2) is 76.6 Å². The fourth-order valence-corrected chi connectivity index (χ4v) is 3.83. The third-order valence-corrected chi connectivity index (χ3v) is 5.44. The first-order valence-electron chi connectivity index (χ1n) is 9.07. The van der Waals surface area contributed by atoms with Crippen molar-refractivity contribution in [2.45, 2.75) is 25.9 Å². The highest BCUT2D eigenvalue weighted by Gasteiger charge is 2.16. The minimum atomic E-state index is 0.102. The lowest BCUT2D eigenvalue weighted by Crippen LogP contribution is -2.21. The maximum absolute atomic E-state index is 5.46. The van der Waals surface area contributed by atoms with Gasteiger partial charge in [-0.1, -0.05) is 72.7 Å². The third kappa shape index (κ3) is 4.15. The molecule has 0 bridgehead atoms. The summed E-state index contributed by atoms with van der Waals surface area (Å²) in [4.78, 5) is 5.81. The van der Waals surface area contributed by atoms with Crippen LogP contribution in [0.4, 0.5) is 0 Å². The fraction of sp³-hybridized carbons (Fsp3) is 0.182. The first kappa shape index (κ1) is 17.6. The van der Waals surface area contributed by atoms with Crippen LogP contribution >= 0.6 is 11.3 Å². The van der Waals surface area contributed by atoms with Crippen molar-refractivity contribution in [1.82, 2.24) is 15.5 Å². The van der Waals surface area contributed by atoms with E-state index in [1.54, 1.807) is 11.3 Å². The maximum atomic E-state index is 5.46. The molecule has 0 spiro atoms. The van der Waals surface area contributed by atoms with Gasteiger partial charge in [0.05, 0.1) is 12.6 Å². The zero-order valence-corrected chi connectivity index (χ0v) is 15.9. The van der Waals surface area contributed by atoms with Crippen LogP contribution in [0.1, 0.15) is 34.9 Å². The summed E-state index contributed by atoms with van der Waals surface area (Å²) in [5.41, 5.74) is 3.49. The molecule has 0 aliphatic heterocycles. The van der Waals surface area contributed by atoms with Crippen molar-refractivity contribution < 1.29 is 4.52 Å². The molecule has 2 aromatic heterocycles. The number of aryl methyl sites for hydroxylation is 1. The number of benzene rings is 2. The Hall–Kier alpha value is -2.76. The number of rotatable bonds is 7. The smallest absolute Gasteiger partial charge is 0.240 e. The SMILES string of the molecule is CCc1ccc(-c2noc(CN[C@H](c3ccccc3)c3cccs3)n2)cc1.